The zero-order chi connectivity index (χ0) is 16.5. The first-order valence-corrected chi connectivity index (χ1v) is 9.36. The second-order valence-corrected chi connectivity index (χ2v) is 6.29. The highest BCUT2D eigenvalue weighted by Crippen LogP contribution is 2.12. The van der Waals surface area contributed by atoms with Crippen LogP contribution in [0, 0.1) is 0 Å². The number of unbranched alkanes of at least 4 members (excludes halogenated alkanes) is 13. The molecular weight excluding hydrogens is 276 g/mol. The minimum Gasteiger partial charge on any atom is -0.460 e. The molecule has 3 nitrogen and oxygen atoms in total. The Morgan fingerprint density at radius 1 is 0.636 bits per heavy atom. The van der Waals surface area contributed by atoms with Crippen LogP contribution in [0.3, 0.4) is 0 Å². The predicted octanol–water partition coefficient (Wildman–Crippen LogP) is 5.60. The third-order valence-corrected chi connectivity index (χ3v) is 4.02. The van der Waals surface area contributed by atoms with Gasteiger partial charge in [0.2, 0.25) is 5.78 Å². The lowest BCUT2D eigenvalue weighted by Crippen LogP contribution is -2.14. The summed E-state index contributed by atoms with van der Waals surface area (Å²) in [4.78, 5) is 21.6. The highest BCUT2D eigenvalue weighted by molar-refractivity contribution is 6.32. The molecule has 0 fully saturated rings. The monoisotopic (exact) mass is 312 g/mol. The number of hydrogen-bond donors (Lipinski definition) is 0. The van der Waals surface area contributed by atoms with Crippen LogP contribution in [-0.4, -0.2) is 18.4 Å². The average Bonchev–Trinajstić information content (AvgIpc) is 2.50. The minimum absolute atomic E-state index is 0.385. The number of esters is 1. The summed E-state index contributed by atoms with van der Waals surface area (Å²) in [6.07, 6.45) is 18.3. The average molecular weight is 312 g/mol. The van der Waals surface area contributed by atoms with Crippen molar-refractivity contribution in [3.05, 3.63) is 0 Å². The van der Waals surface area contributed by atoms with Gasteiger partial charge in [-0.25, -0.2) is 4.79 Å². The van der Waals surface area contributed by atoms with Crippen molar-refractivity contribution in [2.75, 3.05) is 6.61 Å². The second kappa shape index (κ2) is 16.5. The summed E-state index contributed by atoms with van der Waals surface area (Å²) in [5.74, 6) is -1.21. The van der Waals surface area contributed by atoms with Gasteiger partial charge in [-0.3, -0.25) is 4.79 Å². The molecule has 0 heterocycles. The Bertz CT molecular complexity index is 274. The molecule has 0 radical (unpaired) electrons. The molecule has 0 aliphatic carbocycles. The number of carbonyl (C=O) groups is 2. The van der Waals surface area contributed by atoms with E-state index in [1.54, 1.807) is 0 Å². The molecule has 0 N–H and O–H groups in total. The summed E-state index contributed by atoms with van der Waals surface area (Å²) in [5.41, 5.74) is 0. The first-order chi connectivity index (χ1) is 10.7. The summed E-state index contributed by atoms with van der Waals surface area (Å²) in [6.45, 7) is 3.89. The molecule has 0 aliphatic heterocycles. The van der Waals surface area contributed by atoms with Crippen LogP contribution in [0.2, 0.25) is 0 Å². The van der Waals surface area contributed by atoms with Crippen molar-refractivity contribution >= 4 is 11.8 Å². The Labute approximate surface area is 137 Å². The van der Waals surface area contributed by atoms with Crippen LogP contribution in [0.1, 0.15) is 104 Å². The molecule has 0 aromatic heterocycles. The number of rotatable bonds is 16. The van der Waals surface area contributed by atoms with Gasteiger partial charge in [0.05, 0.1) is 6.61 Å². The van der Waals surface area contributed by atoms with E-state index in [9.17, 15) is 9.59 Å². The normalized spacial score (nSPS) is 10.6. The van der Waals surface area contributed by atoms with Crippen molar-refractivity contribution in [2.24, 2.45) is 0 Å². The van der Waals surface area contributed by atoms with Crippen LogP contribution >= 0.6 is 0 Å². The molecule has 22 heavy (non-hydrogen) atoms. The fourth-order valence-electron chi connectivity index (χ4n) is 2.56. The molecule has 0 saturated carbocycles. The van der Waals surface area contributed by atoms with E-state index in [1.165, 1.54) is 84.0 Å². The van der Waals surface area contributed by atoms with Crippen LogP contribution < -0.4 is 0 Å². The van der Waals surface area contributed by atoms with Crippen molar-refractivity contribution in [1.29, 1.82) is 0 Å². The lowest BCUT2D eigenvalue weighted by atomic mass is 10.0. The van der Waals surface area contributed by atoms with E-state index in [-0.39, 0.29) is 0 Å². The van der Waals surface area contributed by atoms with E-state index < -0.39 is 11.8 Å². The maximum atomic E-state index is 10.9. The van der Waals surface area contributed by atoms with E-state index >= 15 is 0 Å². The Morgan fingerprint density at radius 3 is 1.36 bits per heavy atom. The molecule has 3 heteroatoms. The van der Waals surface area contributed by atoms with Gasteiger partial charge in [-0.2, -0.15) is 0 Å². The van der Waals surface area contributed by atoms with E-state index in [4.69, 9.17) is 4.74 Å². The Balaban J connectivity index is 3.05. The lowest BCUT2D eigenvalue weighted by Gasteiger charge is -2.04. The Hall–Kier alpha value is -0.860. The van der Waals surface area contributed by atoms with Crippen molar-refractivity contribution < 1.29 is 14.3 Å². The Morgan fingerprint density at radius 2 is 1.00 bits per heavy atom. The molecule has 0 aromatic rings. The van der Waals surface area contributed by atoms with E-state index in [1.807, 2.05) is 0 Å². The molecule has 0 rings (SSSR count). The molecular formula is C19H36O3. The third kappa shape index (κ3) is 15.5. The standard InChI is InChI=1S/C19H36O3/c1-3-4-5-6-7-8-9-10-11-12-13-14-15-16-17-22-19(21)18(2)20/h3-17H2,1-2H3. The smallest absolute Gasteiger partial charge is 0.374 e. The quantitative estimate of drug-likeness (QED) is 0.212. The number of Topliss-reactive ketones (excluding diaryl/α,β-unsaturated/α-hetero) is 1. The van der Waals surface area contributed by atoms with Crippen LogP contribution in [0.15, 0.2) is 0 Å². The highest BCUT2D eigenvalue weighted by Gasteiger charge is 2.07. The summed E-state index contributed by atoms with van der Waals surface area (Å²) in [6, 6.07) is 0. The van der Waals surface area contributed by atoms with Gasteiger partial charge in [-0.1, -0.05) is 90.4 Å². The van der Waals surface area contributed by atoms with Crippen molar-refractivity contribution in [3.8, 4) is 0 Å². The van der Waals surface area contributed by atoms with Gasteiger partial charge in [-0.15, -0.1) is 0 Å². The first kappa shape index (κ1) is 21.1. The maximum absolute atomic E-state index is 10.9. The van der Waals surface area contributed by atoms with Gasteiger partial charge in [0.1, 0.15) is 0 Å². The van der Waals surface area contributed by atoms with Crippen LogP contribution in [-0.2, 0) is 14.3 Å². The number of hydrogen-bond acceptors (Lipinski definition) is 3. The van der Waals surface area contributed by atoms with Crippen molar-refractivity contribution in [2.45, 2.75) is 104 Å². The van der Waals surface area contributed by atoms with Crippen molar-refractivity contribution in [3.63, 3.8) is 0 Å². The molecule has 0 amide bonds. The van der Waals surface area contributed by atoms with E-state index in [0.717, 1.165) is 12.8 Å². The zero-order valence-electron chi connectivity index (χ0n) is 14.8. The third-order valence-electron chi connectivity index (χ3n) is 4.02. The fraction of sp³-hybridized carbons (Fsp3) is 0.895. The number of ether oxygens (including phenoxy) is 1. The van der Waals surface area contributed by atoms with Gasteiger partial charge >= 0.3 is 5.97 Å². The number of carbonyl (C=O) groups excluding carboxylic acids is 2. The molecule has 0 unspecified atom stereocenters. The molecule has 0 bridgehead atoms. The summed E-state index contributed by atoms with van der Waals surface area (Å²) >= 11 is 0. The van der Waals surface area contributed by atoms with Gasteiger partial charge in [0.15, 0.2) is 0 Å². The van der Waals surface area contributed by atoms with E-state index in [2.05, 4.69) is 6.92 Å². The maximum Gasteiger partial charge on any atom is 0.374 e. The minimum atomic E-state index is -0.699. The summed E-state index contributed by atoms with van der Waals surface area (Å²) in [7, 11) is 0. The van der Waals surface area contributed by atoms with Crippen molar-refractivity contribution in [1.82, 2.24) is 0 Å². The topological polar surface area (TPSA) is 43.4 Å². The fourth-order valence-corrected chi connectivity index (χ4v) is 2.56. The molecule has 0 aromatic carbocycles. The van der Waals surface area contributed by atoms with Crippen LogP contribution in [0.5, 0.6) is 0 Å². The van der Waals surface area contributed by atoms with Gasteiger partial charge in [0, 0.05) is 6.92 Å². The van der Waals surface area contributed by atoms with Gasteiger partial charge < -0.3 is 4.74 Å². The van der Waals surface area contributed by atoms with Gasteiger partial charge in [-0.05, 0) is 6.42 Å². The van der Waals surface area contributed by atoms with Crippen LogP contribution in [0.4, 0.5) is 0 Å². The van der Waals surface area contributed by atoms with Gasteiger partial charge in [0.25, 0.3) is 0 Å². The second-order valence-electron chi connectivity index (χ2n) is 6.29. The number of ketones is 1. The van der Waals surface area contributed by atoms with E-state index in [0.29, 0.717) is 6.61 Å². The predicted molar refractivity (Wildman–Crippen MR) is 92.0 cm³/mol. The molecule has 0 aliphatic rings. The SMILES string of the molecule is CCCCCCCCCCCCCCCCOC(=O)C(C)=O. The first-order valence-electron chi connectivity index (χ1n) is 9.36. The molecule has 130 valence electrons. The molecule has 0 spiro atoms. The molecule has 0 saturated heterocycles. The summed E-state index contributed by atoms with van der Waals surface area (Å²) in [5, 5.41) is 0. The Kier molecular flexibility index (Phi) is 15.9. The highest BCUT2D eigenvalue weighted by atomic mass is 16.5. The molecule has 0 atom stereocenters. The largest absolute Gasteiger partial charge is 0.460 e. The zero-order valence-corrected chi connectivity index (χ0v) is 14.8. The van der Waals surface area contributed by atoms with Crippen LogP contribution in [0.25, 0.3) is 0 Å². The summed E-state index contributed by atoms with van der Waals surface area (Å²) < 4.78 is 4.82. The lowest BCUT2D eigenvalue weighted by molar-refractivity contribution is -0.153.